The predicted molar refractivity (Wildman–Crippen MR) is 70.5 cm³/mol. The third kappa shape index (κ3) is 4.15. The van der Waals surface area contributed by atoms with E-state index in [1.54, 1.807) is 0 Å². The molecule has 0 aliphatic carbocycles. The van der Waals surface area contributed by atoms with Crippen molar-refractivity contribution in [2.24, 2.45) is 0 Å². The lowest BCUT2D eigenvalue weighted by Gasteiger charge is -2.12. The molecule has 1 aliphatic heterocycles. The monoisotopic (exact) mass is 286 g/mol. The Balaban J connectivity index is 1.67. The highest BCUT2D eigenvalue weighted by molar-refractivity contribution is 5.87. The van der Waals surface area contributed by atoms with Crippen LogP contribution >= 0.6 is 0 Å². The first kappa shape index (κ1) is 14.7. The van der Waals surface area contributed by atoms with Crippen LogP contribution in [0.3, 0.4) is 0 Å². The van der Waals surface area contributed by atoms with Crippen molar-refractivity contribution in [1.29, 1.82) is 0 Å². The summed E-state index contributed by atoms with van der Waals surface area (Å²) < 4.78 is 35.8. The fraction of sp³-hybridized carbons (Fsp3) is 0.500. The van der Waals surface area contributed by atoms with Crippen molar-refractivity contribution in [2.75, 3.05) is 11.9 Å². The molecule has 1 atom stereocenters. The van der Waals surface area contributed by atoms with Crippen molar-refractivity contribution in [3.63, 3.8) is 0 Å². The quantitative estimate of drug-likeness (QED) is 0.817. The predicted octanol–water partition coefficient (Wildman–Crippen LogP) is 2.87. The molecule has 20 heavy (non-hydrogen) atoms. The molecular formula is C14H17F3N2O. The zero-order chi connectivity index (χ0) is 14.6. The van der Waals surface area contributed by atoms with Gasteiger partial charge in [0.05, 0.1) is 0 Å². The minimum atomic E-state index is -4.11. The van der Waals surface area contributed by atoms with E-state index in [1.165, 1.54) is 0 Å². The first-order valence-electron chi connectivity index (χ1n) is 6.64. The smallest absolute Gasteiger partial charge is 0.373 e. The van der Waals surface area contributed by atoms with Crippen molar-refractivity contribution >= 4 is 11.6 Å². The van der Waals surface area contributed by atoms with Crippen LogP contribution in [0.4, 0.5) is 18.9 Å². The van der Waals surface area contributed by atoms with Gasteiger partial charge in [0.1, 0.15) is 6.04 Å². The Kier molecular flexibility index (Phi) is 4.52. The van der Waals surface area contributed by atoms with E-state index in [2.05, 4.69) is 10.6 Å². The van der Waals surface area contributed by atoms with E-state index in [0.717, 1.165) is 11.3 Å². The Bertz CT molecular complexity index is 449. The largest absolute Gasteiger partial charge is 0.389 e. The van der Waals surface area contributed by atoms with Gasteiger partial charge in [-0.2, -0.15) is 13.2 Å². The number of benzene rings is 1. The van der Waals surface area contributed by atoms with Crippen molar-refractivity contribution in [2.45, 2.75) is 37.9 Å². The number of carbonyl (C=O) groups excluding carboxylic acids is 1. The number of unbranched alkanes of at least 4 members (excludes halogenated alkanes) is 1. The molecule has 6 heteroatoms. The lowest BCUT2D eigenvalue weighted by molar-refractivity contribution is -0.135. The summed E-state index contributed by atoms with van der Waals surface area (Å²) in [5.74, 6) is -0.159. The standard InChI is InChI=1S/C14H17F3N2O/c15-14(16,17)7-3-4-8-18-13(20)12-9-10-5-1-2-6-11(10)19-12/h1-2,5-6,12,19H,3-4,7-9H2,(H,18,20). The van der Waals surface area contributed by atoms with E-state index in [9.17, 15) is 18.0 Å². The number of carbonyl (C=O) groups is 1. The molecule has 1 aromatic carbocycles. The SMILES string of the molecule is O=C(NCCCCC(F)(F)F)C1Cc2ccccc2N1. The van der Waals surface area contributed by atoms with Crippen molar-refractivity contribution in [3.05, 3.63) is 29.8 Å². The Labute approximate surface area is 115 Å². The van der Waals surface area contributed by atoms with Crippen LogP contribution < -0.4 is 10.6 Å². The van der Waals surface area contributed by atoms with Gasteiger partial charge in [-0.25, -0.2) is 0 Å². The van der Waals surface area contributed by atoms with E-state index in [1.807, 2.05) is 24.3 Å². The topological polar surface area (TPSA) is 41.1 Å². The maximum atomic E-state index is 11.9. The van der Waals surface area contributed by atoms with Gasteiger partial charge < -0.3 is 10.6 Å². The summed E-state index contributed by atoms with van der Waals surface area (Å²) in [6.07, 6.45) is -3.91. The van der Waals surface area contributed by atoms with Gasteiger partial charge in [-0.1, -0.05) is 18.2 Å². The molecule has 2 rings (SSSR count). The summed E-state index contributed by atoms with van der Waals surface area (Å²) in [5.41, 5.74) is 2.04. The fourth-order valence-electron chi connectivity index (χ4n) is 2.24. The minimum absolute atomic E-state index is 0.0438. The van der Waals surface area contributed by atoms with E-state index in [4.69, 9.17) is 0 Å². The van der Waals surface area contributed by atoms with Crippen LogP contribution in [0.1, 0.15) is 24.8 Å². The molecule has 0 bridgehead atoms. The molecule has 1 amide bonds. The molecule has 0 aromatic heterocycles. The molecule has 110 valence electrons. The number of hydrogen-bond donors (Lipinski definition) is 2. The van der Waals surface area contributed by atoms with Gasteiger partial charge >= 0.3 is 6.18 Å². The summed E-state index contributed by atoms with van der Waals surface area (Å²) in [6, 6.07) is 7.35. The molecule has 0 saturated carbocycles. The number of para-hydroxylation sites is 1. The molecule has 1 unspecified atom stereocenters. The number of anilines is 1. The van der Waals surface area contributed by atoms with Crippen molar-refractivity contribution in [1.82, 2.24) is 5.32 Å². The Morgan fingerprint density at radius 2 is 2.05 bits per heavy atom. The molecule has 0 saturated heterocycles. The number of nitrogens with one attached hydrogen (secondary N) is 2. The van der Waals surface area contributed by atoms with E-state index in [0.29, 0.717) is 12.8 Å². The summed E-state index contributed by atoms with van der Waals surface area (Å²) in [7, 11) is 0. The molecule has 0 spiro atoms. The molecular weight excluding hydrogens is 269 g/mol. The van der Waals surface area contributed by atoms with Gasteiger partial charge in [0.15, 0.2) is 0 Å². The molecule has 0 fully saturated rings. The number of rotatable bonds is 5. The molecule has 1 aromatic rings. The highest BCUT2D eigenvalue weighted by atomic mass is 19.4. The normalized spacial score (nSPS) is 17.4. The minimum Gasteiger partial charge on any atom is -0.373 e. The number of hydrogen-bond acceptors (Lipinski definition) is 2. The first-order valence-corrected chi connectivity index (χ1v) is 6.64. The van der Waals surface area contributed by atoms with Crippen molar-refractivity contribution < 1.29 is 18.0 Å². The van der Waals surface area contributed by atoms with Crippen molar-refractivity contribution in [3.8, 4) is 0 Å². The van der Waals surface area contributed by atoms with Crippen LogP contribution in [0.2, 0.25) is 0 Å². The lowest BCUT2D eigenvalue weighted by Crippen LogP contribution is -2.38. The van der Waals surface area contributed by atoms with Gasteiger partial charge in [-0.3, -0.25) is 4.79 Å². The number of halogens is 3. The molecule has 0 radical (unpaired) electrons. The first-order chi connectivity index (χ1) is 9.46. The zero-order valence-corrected chi connectivity index (χ0v) is 11.0. The Morgan fingerprint density at radius 3 is 2.75 bits per heavy atom. The average Bonchev–Trinajstić information content (AvgIpc) is 2.80. The Hall–Kier alpha value is -1.72. The number of alkyl halides is 3. The van der Waals surface area contributed by atoms with Gasteiger partial charge in [0.25, 0.3) is 0 Å². The van der Waals surface area contributed by atoms with Crippen LogP contribution in [-0.2, 0) is 11.2 Å². The van der Waals surface area contributed by atoms with Gasteiger partial charge in [-0.05, 0) is 24.5 Å². The molecule has 3 nitrogen and oxygen atoms in total. The zero-order valence-electron chi connectivity index (χ0n) is 11.0. The van der Waals surface area contributed by atoms with Gasteiger partial charge in [0.2, 0.25) is 5.91 Å². The third-order valence-electron chi connectivity index (χ3n) is 3.27. The van der Waals surface area contributed by atoms with E-state index >= 15 is 0 Å². The highest BCUT2D eigenvalue weighted by Crippen LogP contribution is 2.25. The number of amides is 1. The summed E-state index contributed by atoms with van der Waals surface area (Å²) in [4.78, 5) is 11.9. The fourth-order valence-corrected chi connectivity index (χ4v) is 2.24. The second-order valence-corrected chi connectivity index (χ2v) is 4.92. The average molecular weight is 286 g/mol. The van der Waals surface area contributed by atoms with Crippen LogP contribution in [0.15, 0.2) is 24.3 Å². The van der Waals surface area contributed by atoms with Crippen LogP contribution in [0.5, 0.6) is 0 Å². The van der Waals surface area contributed by atoms with Crippen LogP contribution in [0.25, 0.3) is 0 Å². The van der Waals surface area contributed by atoms with Gasteiger partial charge in [-0.15, -0.1) is 0 Å². The lowest BCUT2D eigenvalue weighted by atomic mass is 10.1. The number of fused-ring (bicyclic) bond motifs is 1. The second kappa shape index (κ2) is 6.15. The van der Waals surface area contributed by atoms with Crippen LogP contribution in [0, 0.1) is 0 Å². The highest BCUT2D eigenvalue weighted by Gasteiger charge is 2.27. The summed E-state index contributed by atoms with van der Waals surface area (Å²) >= 11 is 0. The summed E-state index contributed by atoms with van der Waals surface area (Å²) in [5, 5.41) is 5.78. The Morgan fingerprint density at radius 1 is 1.30 bits per heavy atom. The van der Waals surface area contributed by atoms with Gasteiger partial charge in [0, 0.05) is 25.1 Å². The molecule has 1 heterocycles. The molecule has 2 N–H and O–H groups in total. The van der Waals surface area contributed by atoms with E-state index in [-0.39, 0.29) is 24.9 Å². The van der Waals surface area contributed by atoms with Crippen LogP contribution in [-0.4, -0.2) is 24.7 Å². The maximum Gasteiger partial charge on any atom is 0.389 e. The summed E-state index contributed by atoms with van der Waals surface area (Å²) in [6.45, 7) is 0.281. The third-order valence-corrected chi connectivity index (χ3v) is 3.27. The second-order valence-electron chi connectivity index (χ2n) is 4.92. The molecule has 1 aliphatic rings. The van der Waals surface area contributed by atoms with E-state index < -0.39 is 12.6 Å². The maximum absolute atomic E-state index is 11.9.